The molecule has 1 fully saturated rings. The maximum absolute atomic E-state index is 13.8. The second kappa shape index (κ2) is 9.47. The molecule has 0 aliphatic carbocycles. The third-order valence-corrected chi connectivity index (χ3v) is 5.24. The smallest absolute Gasteiger partial charge is 0.407 e. The van der Waals surface area contributed by atoms with Gasteiger partial charge in [0.2, 0.25) is 0 Å². The highest BCUT2D eigenvalue weighted by Gasteiger charge is 2.25. The van der Waals surface area contributed by atoms with Gasteiger partial charge in [-0.15, -0.1) is 0 Å². The number of anilines is 1. The fourth-order valence-electron chi connectivity index (χ4n) is 3.68. The van der Waals surface area contributed by atoms with Crippen LogP contribution in [0.3, 0.4) is 0 Å². The fourth-order valence-corrected chi connectivity index (χ4v) is 3.68. The molecule has 2 aromatic rings. The van der Waals surface area contributed by atoms with Gasteiger partial charge in [0.05, 0.1) is 24.8 Å². The summed E-state index contributed by atoms with van der Waals surface area (Å²) in [6.45, 7) is 2.84. The molecule has 0 spiro atoms. The van der Waals surface area contributed by atoms with E-state index < -0.39 is 23.2 Å². The van der Waals surface area contributed by atoms with Crippen molar-refractivity contribution < 1.29 is 13.9 Å². The number of amides is 1. The van der Waals surface area contributed by atoms with E-state index in [4.69, 9.17) is 4.74 Å². The third kappa shape index (κ3) is 4.94. The maximum Gasteiger partial charge on any atom is 0.407 e. The van der Waals surface area contributed by atoms with Gasteiger partial charge in [-0.1, -0.05) is 0 Å². The summed E-state index contributed by atoms with van der Waals surface area (Å²) in [7, 11) is 1.36. The average molecular weight is 429 g/mol. The molecular weight excluding hydrogens is 405 g/mol. The number of carbonyl (C=O) groups excluding carboxylic acids is 1. The molecule has 0 saturated carbocycles. The molecule has 1 saturated heterocycles. The predicted molar refractivity (Wildman–Crippen MR) is 112 cm³/mol. The minimum Gasteiger partial charge on any atom is -0.450 e. The van der Waals surface area contributed by atoms with Crippen LogP contribution in [-0.4, -0.2) is 41.0 Å². The number of nitrogens with zero attached hydrogens (tertiary/aromatic N) is 4. The van der Waals surface area contributed by atoms with E-state index in [1.165, 1.54) is 35.9 Å². The summed E-state index contributed by atoms with van der Waals surface area (Å²) >= 11 is 0. The molecule has 164 valence electrons. The van der Waals surface area contributed by atoms with Gasteiger partial charge in [0.25, 0.3) is 5.56 Å². The Bertz CT molecular complexity index is 1130. The highest BCUT2D eigenvalue weighted by molar-refractivity contribution is 5.67. The lowest BCUT2D eigenvalue weighted by molar-refractivity contribution is 0.146. The first-order valence-corrected chi connectivity index (χ1v) is 10.0. The van der Waals surface area contributed by atoms with Crippen LogP contribution in [0.25, 0.3) is 0 Å². The van der Waals surface area contributed by atoms with Gasteiger partial charge in [0.15, 0.2) is 0 Å². The normalized spacial score (nSPS) is 15.9. The number of hydrogen-bond acceptors (Lipinski definition) is 6. The maximum atomic E-state index is 13.8. The lowest BCUT2D eigenvalue weighted by Crippen LogP contribution is -2.50. The summed E-state index contributed by atoms with van der Waals surface area (Å²) in [5.41, 5.74) is -0.469. The van der Waals surface area contributed by atoms with Crippen molar-refractivity contribution in [1.82, 2.24) is 14.5 Å². The Kier molecular flexibility index (Phi) is 6.74. The second-order valence-corrected chi connectivity index (χ2v) is 7.33. The molecule has 9 nitrogen and oxygen atoms in total. The van der Waals surface area contributed by atoms with Crippen LogP contribution in [0.4, 0.5) is 15.0 Å². The van der Waals surface area contributed by atoms with Crippen LogP contribution in [0.15, 0.2) is 33.9 Å². The number of benzene rings is 1. The standard InChI is InChI=1S/C21H24FN5O4/c1-3-31-20(29)24-17-5-4-8-26(13-17)18-10-19(28)25(2)21(30)27(18)12-15-9-16(22)7-6-14(15)11-23/h6-7,9-10,17H,3-5,8,12-13H2,1-2H3,(H,24,29)/t17-/m1/s1. The minimum atomic E-state index is -0.573. The monoisotopic (exact) mass is 429 g/mol. The molecule has 1 aromatic heterocycles. The second-order valence-electron chi connectivity index (χ2n) is 7.33. The van der Waals surface area contributed by atoms with Gasteiger partial charge >= 0.3 is 11.8 Å². The number of carbonyl (C=O) groups is 1. The quantitative estimate of drug-likeness (QED) is 0.768. The number of halogens is 1. The van der Waals surface area contributed by atoms with Gasteiger partial charge in [-0.25, -0.2) is 14.0 Å². The Hall–Kier alpha value is -3.61. The highest BCUT2D eigenvalue weighted by Crippen LogP contribution is 2.20. The zero-order valence-corrected chi connectivity index (χ0v) is 17.4. The topological polar surface area (TPSA) is 109 Å². The zero-order chi connectivity index (χ0) is 22.5. The summed E-state index contributed by atoms with van der Waals surface area (Å²) in [6.07, 6.45) is 0.936. The van der Waals surface area contributed by atoms with Crippen LogP contribution in [0.5, 0.6) is 0 Å². The molecule has 1 amide bonds. The van der Waals surface area contributed by atoms with Gasteiger partial charge in [0.1, 0.15) is 11.6 Å². The van der Waals surface area contributed by atoms with E-state index in [2.05, 4.69) is 5.32 Å². The van der Waals surface area contributed by atoms with Gasteiger partial charge in [-0.05, 0) is 43.5 Å². The first-order valence-electron chi connectivity index (χ1n) is 10.0. The van der Waals surface area contributed by atoms with Crippen molar-refractivity contribution >= 4 is 11.9 Å². The number of nitrogens with one attached hydrogen (secondary N) is 1. The molecule has 1 aliphatic heterocycles. The van der Waals surface area contributed by atoms with Gasteiger partial charge in [0, 0.05) is 32.2 Å². The Labute approximate surface area is 178 Å². The van der Waals surface area contributed by atoms with Crippen molar-refractivity contribution in [2.24, 2.45) is 7.05 Å². The van der Waals surface area contributed by atoms with Gasteiger partial charge < -0.3 is 15.0 Å². The SMILES string of the molecule is CCOC(=O)N[C@@H]1CCCN(c2cc(=O)n(C)c(=O)n2Cc2cc(F)ccc2C#N)C1. The van der Waals surface area contributed by atoms with Crippen molar-refractivity contribution in [1.29, 1.82) is 5.26 Å². The molecule has 0 unspecified atom stereocenters. The van der Waals surface area contributed by atoms with Crippen LogP contribution < -0.4 is 21.5 Å². The largest absolute Gasteiger partial charge is 0.450 e. The molecule has 1 aliphatic rings. The van der Waals surface area contributed by atoms with Crippen LogP contribution in [0.1, 0.15) is 30.9 Å². The molecule has 2 heterocycles. The molecule has 31 heavy (non-hydrogen) atoms. The van der Waals surface area contributed by atoms with Crippen molar-refractivity contribution in [3.05, 3.63) is 62.0 Å². The van der Waals surface area contributed by atoms with E-state index >= 15 is 0 Å². The van der Waals surface area contributed by atoms with E-state index in [0.717, 1.165) is 17.4 Å². The van der Waals surface area contributed by atoms with E-state index in [1.807, 2.05) is 11.0 Å². The summed E-state index contributed by atoms with van der Waals surface area (Å²) < 4.78 is 21.1. The predicted octanol–water partition coefficient (Wildman–Crippen LogP) is 1.32. The molecular formula is C21H24FN5O4. The number of nitriles is 1. The summed E-state index contributed by atoms with van der Waals surface area (Å²) in [6, 6.07) is 6.88. The Balaban J connectivity index is 1.99. The minimum absolute atomic E-state index is 0.0740. The molecule has 1 N–H and O–H groups in total. The number of ether oxygens (including phenoxy) is 1. The molecule has 0 radical (unpaired) electrons. The zero-order valence-electron chi connectivity index (χ0n) is 17.4. The number of hydrogen-bond donors (Lipinski definition) is 1. The lowest BCUT2D eigenvalue weighted by Gasteiger charge is -2.35. The van der Waals surface area contributed by atoms with Crippen molar-refractivity contribution in [3.8, 4) is 6.07 Å². The number of rotatable bonds is 5. The van der Waals surface area contributed by atoms with E-state index in [1.54, 1.807) is 6.92 Å². The summed E-state index contributed by atoms with van der Waals surface area (Å²) in [5, 5.41) is 12.1. The lowest BCUT2D eigenvalue weighted by atomic mass is 10.1. The van der Waals surface area contributed by atoms with Crippen molar-refractivity contribution in [2.75, 3.05) is 24.6 Å². The third-order valence-electron chi connectivity index (χ3n) is 5.24. The number of piperidine rings is 1. The van der Waals surface area contributed by atoms with Crippen molar-refractivity contribution in [3.63, 3.8) is 0 Å². The Morgan fingerprint density at radius 1 is 1.35 bits per heavy atom. The van der Waals surface area contributed by atoms with Gasteiger partial charge in [-0.3, -0.25) is 13.9 Å². The summed E-state index contributed by atoms with van der Waals surface area (Å²) in [4.78, 5) is 38.9. The first-order chi connectivity index (χ1) is 14.8. The van der Waals surface area contributed by atoms with Crippen LogP contribution in [-0.2, 0) is 18.3 Å². The van der Waals surface area contributed by atoms with Crippen LogP contribution >= 0.6 is 0 Å². The van der Waals surface area contributed by atoms with Crippen LogP contribution in [0, 0.1) is 17.1 Å². The Morgan fingerprint density at radius 3 is 2.84 bits per heavy atom. The number of alkyl carbamates (subject to hydrolysis) is 1. The molecule has 1 aromatic carbocycles. The Morgan fingerprint density at radius 2 is 2.13 bits per heavy atom. The fraction of sp³-hybridized carbons (Fsp3) is 0.429. The summed E-state index contributed by atoms with van der Waals surface area (Å²) in [5.74, 6) is -0.165. The molecule has 1 atom stereocenters. The van der Waals surface area contributed by atoms with E-state index in [9.17, 15) is 24.0 Å². The first kappa shape index (κ1) is 22.1. The van der Waals surface area contributed by atoms with Gasteiger partial charge in [-0.2, -0.15) is 5.26 Å². The average Bonchev–Trinajstić information content (AvgIpc) is 2.74. The van der Waals surface area contributed by atoms with E-state index in [-0.39, 0.29) is 24.8 Å². The molecule has 0 bridgehead atoms. The van der Waals surface area contributed by atoms with Crippen molar-refractivity contribution in [2.45, 2.75) is 32.4 Å². The molecule has 10 heteroatoms. The highest BCUT2D eigenvalue weighted by atomic mass is 19.1. The number of aromatic nitrogens is 2. The van der Waals surface area contributed by atoms with E-state index in [0.29, 0.717) is 24.5 Å². The van der Waals surface area contributed by atoms with Crippen LogP contribution in [0.2, 0.25) is 0 Å². The molecule has 3 rings (SSSR count).